The van der Waals surface area contributed by atoms with Crippen LogP contribution in [0.3, 0.4) is 0 Å². The standard InChI is InChI=1S/C18H15FN2O2/c1-21(12-14-2-6-16(19)7-3-14)18(23)15(11-20)10-13-4-8-17(22)9-5-13/h2-10,22H,12H2,1H3/b15-10+. The highest BCUT2D eigenvalue weighted by molar-refractivity contribution is 6.01. The zero-order chi connectivity index (χ0) is 16.8. The van der Waals surface area contributed by atoms with Gasteiger partial charge >= 0.3 is 0 Å². The number of hydrogen-bond donors (Lipinski definition) is 1. The number of likely N-dealkylation sites (N-methyl/N-ethyl adjacent to an activating group) is 1. The first-order valence-electron chi connectivity index (χ1n) is 6.90. The Bertz CT molecular complexity index is 759. The Morgan fingerprint density at radius 3 is 2.39 bits per heavy atom. The second-order valence-corrected chi connectivity index (χ2v) is 5.05. The summed E-state index contributed by atoms with van der Waals surface area (Å²) in [4.78, 5) is 13.7. The van der Waals surface area contributed by atoms with Gasteiger partial charge in [-0.3, -0.25) is 4.79 Å². The van der Waals surface area contributed by atoms with Crippen molar-refractivity contribution in [2.45, 2.75) is 6.54 Å². The van der Waals surface area contributed by atoms with Gasteiger partial charge in [-0.25, -0.2) is 4.39 Å². The van der Waals surface area contributed by atoms with Crippen molar-refractivity contribution >= 4 is 12.0 Å². The average Bonchev–Trinajstić information content (AvgIpc) is 2.55. The molecule has 4 nitrogen and oxygen atoms in total. The molecule has 2 rings (SSSR count). The van der Waals surface area contributed by atoms with E-state index < -0.39 is 5.91 Å². The quantitative estimate of drug-likeness (QED) is 0.697. The van der Waals surface area contributed by atoms with Crippen LogP contribution >= 0.6 is 0 Å². The average molecular weight is 310 g/mol. The SMILES string of the molecule is CN(Cc1ccc(F)cc1)C(=O)/C(C#N)=C/c1ccc(O)cc1. The first-order valence-corrected chi connectivity index (χ1v) is 6.90. The smallest absolute Gasteiger partial charge is 0.264 e. The molecule has 0 bridgehead atoms. The van der Waals surface area contributed by atoms with Crippen LogP contribution in [0, 0.1) is 17.1 Å². The van der Waals surface area contributed by atoms with Crippen molar-refractivity contribution in [3.8, 4) is 11.8 Å². The van der Waals surface area contributed by atoms with Crippen LogP contribution < -0.4 is 0 Å². The maximum atomic E-state index is 12.9. The third kappa shape index (κ3) is 4.42. The fraction of sp³-hybridized carbons (Fsp3) is 0.111. The molecule has 23 heavy (non-hydrogen) atoms. The molecule has 0 fully saturated rings. The Kier molecular flexibility index (Phi) is 5.11. The van der Waals surface area contributed by atoms with E-state index in [4.69, 9.17) is 0 Å². The number of carbonyl (C=O) groups is 1. The molecule has 1 amide bonds. The van der Waals surface area contributed by atoms with Crippen molar-refractivity contribution in [2.24, 2.45) is 0 Å². The van der Waals surface area contributed by atoms with Gasteiger partial charge in [-0.05, 0) is 41.5 Å². The van der Waals surface area contributed by atoms with Gasteiger partial charge in [-0.1, -0.05) is 24.3 Å². The van der Waals surface area contributed by atoms with Crippen molar-refractivity contribution in [3.05, 3.63) is 71.0 Å². The summed E-state index contributed by atoms with van der Waals surface area (Å²) in [5, 5.41) is 18.4. The molecule has 5 heteroatoms. The van der Waals surface area contributed by atoms with Crippen LogP contribution in [0.2, 0.25) is 0 Å². The summed E-state index contributed by atoms with van der Waals surface area (Å²) in [6.45, 7) is 0.272. The van der Waals surface area contributed by atoms with Gasteiger partial charge in [0, 0.05) is 13.6 Å². The monoisotopic (exact) mass is 310 g/mol. The number of nitrogens with zero attached hydrogens (tertiary/aromatic N) is 2. The van der Waals surface area contributed by atoms with Gasteiger partial charge < -0.3 is 10.0 Å². The Morgan fingerprint density at radius 1 is 1.22 bits per heavy atom. The van der Waals surface area contributed by atoms with E-state index >= 15 is 0 Å². The maximum Gasteiger partial charge on any atom is 0.264 e. The summed E-state index contributed by atoms with van der Waals surface area (Å²) in [5.41, 5.74) is 1.40. The molecule has 0 radical (unpaired) electrons. The first-order chi connectivity index (χ1) is 11.0. The number of phenols is 1. The zero-order valence-corrected chi connectivity index (χ0v) is 12.5. The van der Waals surface area contributed by atoms with E-state index in [0.29, 0.717) is 5.56 Å². The maximum absolute atomic E-state index is 12.9. The predicted octanol–water partition coefficient (Wildman–Crippen LogP) is 3.10. The normalized spacial score (nSPS) is 10.9. The van der Waals surface area contributed by atoms with E-state index in [1.54, 1.807) is 31.3 Å². The Morgan fingerprint density at radius 2 is 1.83 bits per heavy atom. The van der Waals surface area contributed by atoms with Crippen LogP contribution in [-0.4, -0.2) is 23.0 Å². The number of benzene rings is 2. The second kappa shape index (κ2) is 7.23. The van der Waals surface area contributed by atoms with E-state index in [1.165, 1.54) is 35.2 Å². The molecule has 2 aromatic carbocycles. The number of nitriles is 1. The Balaban J connectivity index is 2.14. The van der Waals surface area contributed by atoms with Crippen molar-refractivity contribution in [2.75, 3.05) is 7.05 Å². The molecule has 1 N–H and O–H groups in total. The molecule has 2 aromatic rings. The van der Waals surface area contributed by atoms with Crippen LogP contribution in [0.4, 0.5) is 4.39 Å². The van der Waals surface area contributed by atoms with Gasteiger partial charge in [0.05, 0.1) is 0 Å². The molecule has 0 aliphatic heterocycles. The van der Waals surface area contributed by atoms with Gasteiger partial charge in [-0.2, -0.15) is 5.26 Å². The molecule has 0 saturated carbocycles. The summed E-state index contributed by atoms with van der Waals surface area (Å²) in [6, 6.07) is 13.9. The molecular formula is C18H15FN2O2. The van der Waals surface area contributed by atoms with E-state index in [2.05, 4.69) is 0 Å². The topological polar surface area (TPSA) is 64.3 Å². The Hall–Kier alpha value is -3.13. The van der Waals surface area contributed by atoms with Crippen molar-refractivity contribution < 1.29 is 14.3 Å². The highest BCUT2D eigenvalue weighted by Gasteiger charge is 2.15. The summed E-state index contributed by atoms with van der Waals surface area (Å²) in [6.07, 6.45) is 1.46. The molecule has 0 atom stereocenters. The van der Waals surface area contributed by atoms with E-state index in [0.717, 1.165) is 5.56 Å². The molecule has 0 heterocycles. The number of rotatable bonds is 4. The number of phenolic OH excluding ortho intramolecular Hbond substituents is 1. The minimum absolute atomic E-state index is 0.0136. The van der Waals surface area contributed by atoms with Crippen LogP contribution in [-0.2, 0) is 11.3 Å². The zero-order valence-electron chi connectivity index (χ0n) is 12.5. The lowest BCUT2D eigenvalue weighted by atomic mass is 10.1. The molecule has 0 aliphatic carbocycles. The lowest BCUT2D eigenvalue weighted by Crippen LogP contribution is -2.27. The third-order valence-corrected chi connectivity index (χ3v) is 3.23. The number of carbonyl (C=O) groups excluding carboxylic acids is 1. The largest absolute Gasteiger partial charge is 0.508 e. The summed E-state index contributed by atoms with van der Waals surface area (Å²) >= 11 is 0. The van der Waals surface area contributed by atoms with Gasteiger partial charge in [0.15, 0.2) is 0 Å². The molecule has 116 valence electrons. The van der Waals surface area contributed by atoms with Crippen LogP contribution in [0.1, 0.15) is 11.1 Å². The van der Waals surface area contributed by atoms with Crippen molar-refractivity contribution in [3.63, 3.8) is 0 Å². The summed E-state index contributed by atoms with van der Waals surface area (Å²) < 4.78 is 12.9. The van der Waals surface area contributed by atoms with Crippen LogP contribution in [0.5, 0.6) is 5.75 Å². The molecule has 0 aromatic heterocycles. The fourth-order valence-corrected chi connectivity index (χ4v) is 2.02. The lowest BCUT2D eigenvalue weighted by molar-refractivity contribution is -0.125. The number of halogens is 1. The predicted molar refractivity (Wildman–Crippen MR) is 84.6 cm³/mol. The molecule has 0 unspecified atom stereocenters. The van der Waals surface area contributed by atoms with Crippen LogP contribution in [0.25, 0.3) is 6.08 Å². The molecular weight excluding hydrogens is 295 g/mol. The fourth-order valence-electron chi connectivity index (χ4n) is 2.02. The van der Waals surface area contributed by atoms with Gasteiger partial charge in [0.2, 0.25) is 0 Å². The first kappa shape index (κ1) is 16.2. The van der Waals surface area contributed by atoms with Gasteiger partial charge in [0.25, 0.3) is 5.91 Å². The van der Waals surface area contributed by atoms with Gasteiger partial charge in [0.1, 0.15) is 23.2 Å². The third-order valence-electron chi connectivity index (χ3n) is 3.23. The number of hydrogen-bond acceptors (Lipinski definition) is 3. The van der Waals surface area contributed by atoms with Crippen molar-refractivity contribution in [1.29, 1.82) is 5.26 Å². The van der Waals surface area contributed by atoms with Crippen molar-refractivity contribution in [1.82, 2.24) is 4.90 Å². The summed E-state index contributed by atoms with van der Waals surface area (Å²) in [7, 11) is 1.58. The van der Waals surface area contributed by atoms with E-state index in [1.807, 2.05) is 6.07 Å². The minimum atomic E-state index is -0.426. The Labute approximate surface area is 133 Å². The van der Waals surface area contributed by atoms with Crippen LogP contribution in [0.15, 0.2) is 54.1 Å². The molecule has 0 spiro atoms. The lowest BCUT2D eigenvalue weighted by Gasteiger charge is -2.16. The summed E-state index contributed by atoms with van der Waals surface area (Å²) in [5.74, 6) is -0.655. The highest BCUT2D eigenvalue weighted by atomic mass is 19.1. The van der Waals surface area contributed by atoms with E-state index in [9.17, 15) is 19.6 Å². The van der Waals surface area contributed by atoms with E-state index in [-0.39, 0.29) is 23.7 Å². The highest BCUT2D eigenvalue weighted by Crippen LogP contribution is 2.14. The molecule has 0 saturated heterocycles. The number of amides is 1. The minimum Gasteiger partial charge on any atom is -0.508 e. The number of aromatic hydroxyl groups is 1. The van der Waals surface area contributed by atoms with Gasteiger partial charge in [-0.15, -0.1) is 0 Å². The molecule has 0 aliphatic rings. The second-order valence-electron chi connectivity index (χ2n) is 5.05.